The molecule has 2 atom stereocenters. The van der Waals surface area contributed by atoms with Crippen molar-refractivity contribution in [2.45, 2.75) is 91.9 Å². The second-order valence-corrected chi connectivity index (χ2v) is 10.9. The van der Waals surface area contributed by atoms with Gasteiger partial charge in [-0.15, -0.1) is 0 Å². The Hall–Kier alpha value is -0.160. The molecule has 0 heterocycles. The van der Waals surface area contributed by atoms with E-state index in [1.807, 2.05) is 27.7 Å². The minimum atomic E-state index is -4.05. The maximum absolute atomic E-state index is 12.0. The van der Waals surface area contributed by atoms with E-state index < -0.39 is 45.0 Å². The molecule has 0 amide bonds. The summed E-state index contributed by atoms with van der Waals surface area (Å²) in [6.45, 7) is 7.77. The molecule has 180 valence electrons. The molecule has 0 radical (unpaired) electrons. The zero-order chi connectivity index (χ0) is 23.2. The smallest absolute Gasteiger partial charge is 1.00 e. The zero-order valence-corrected chi connectivity index (χ0v) is 23.4. The van der Waals surface area contributed by atoms with E-state index in [4.69, 9.17) is 0 Å². The molecule has 0 aromatic carbocycles. The molecule has 0 aromatic heterocycles. The SMILES string of the molecule is CCCCC(CC)CS(=O)(=O)OC(=O)CCC(=O)OS(=O)(=O)CC(CC)CCCC.[H-].[Na+]. The molecule has 0 saturated heterocycles. The van der Waals surface area contributed by atoms with Crippen molar-refractivity contribution < 1.29 is 65.8 Å². The Bertz CT molecular complexity index is 664. The number of rotatable bonds is 17. The summed E-state index contributed by atoms with van der Waals surface area (Å²) in [5.41, 5.74) is 0. The predicted octanol–water partition coefficient (Wildman–Crippen LogP) is 1.06. The molecule has 0 aliphatic rings. The van der Waals surface area contributed by atoms with Crippen LogP contribution in [-0.4, -0.2) is 40.3 Å². The van der Waals surface area contributed by atoms with Crippen LogP contribution in [0.15, 0.2) is 0 Å². The van der Waals surface area contributed by atoms with Gasteiger partial charge in [-0.25, -0.2) is 0 Å². The molecule has 11 heteroatoms. The molecule has 0 bridgehead atoms. The first-order valence-electron chi connectivity index (χ1n) is 10.9. The van der Waals surface area contributed by atoms with Crippen molar-refractivity contribution in [2.75, 3.05) is 11.5 Å². The van der Waals surface area contributed by atoms with E-state index in [2.05, 4.69) is 8.37 Å². The van der Waals surface area contributed by atoms with Crippen LogP contribution in [0.25, 0.3) is 0 Å². The molecule has 0 aliphatic heterocycles. The fourth-order valence-corrected chi connectivity index (χ4v) is 5.84. The summed E-state index contributed by atoms with van der Waals surface area (Å²) >= 11 is 0. The molecule has 0 rings (SSSR count). The Labute approximate surface area is 212 Å². The molecular formula is C20H39NaO8S2. The Kier molecular flexibility index (Phi) is 18.5. The van der Waals surface area contributed by atoms with Gasteiger partial charge >= 0.3 is 61.7 Å². The van der Waals surface area contributed by atoms with Gasteiger partial charge in [0.05, 0.1) is 24.3 Å². The van der Waals surface area contributed by atoms with Gasteiger partial charge in [0, 0.05) is 0 Å². The average Bonchev–Trinajstić information content (AvgIpc) is 2.65. The molecule has 8 nitrogen and oxygen atoms in total. The molecule has 0 saturated carbocycles. The van der Waals surface area contributed by atoms with Crippen LogP contribution in [0.3, 0.4) is 0 Å². The minimum absolute atomic E-state index is 0. The van der Waals surface area contributed by atoms with Gasteiger partial charge in [-0.1, -0.05) is 66.2 Å². The van der Waals surface area contributed by atoms with Gasteiger partial charge in [0.2, 0.25) is 0 Å². The molecule has 0 N–H and O–H groups in total. The first kappa shape index (κ1) is 33.0. The second kappa shape index (κ2) is 17.3. The van der Waals surface area contributed by atoms with Crippen molar-refractivity contribution in [3.8, 4) is 0 Å². The quantitative estimate of drug-likeness (QED) is 0.217. The normalized spacial score (nSPS) is 13.7. The summed E-state index contributed by atoms with van der Waals surface area (Å²) in [4.78, 5) is 23.6. The van der Waals surface area contributed by atoms with Crippen LogP contribution >= 0.6 is 0 Å². The van der Waals surface area contributed by atoms with E-state index in [-0.39, 0.29) is 54.3 Å². The molecule has 0 aliphatic carbocycles. The van der Waals surface area contributed by atoms with Crippen LogP contribution in [0.2, 0.25) is 0 Å². The summed E-state index contributed by atoms with van der Waals surface area (Å²) < 4.78 is 57.2. The predicted molar refractivity (Wildman–Crippen MR) is 117 cm³/mol. The first-order valence-corrected chi connectivity index (χ1v) is 14.0. The van der Waals surface area contributed by atoms with Crippen LogP contribution in [0.5, 0.6) is 0 Å². The van der Waals surface area contributed by atoms with E-state index in [1.165, 1.54) is 0 Å². The summed E-state index contributed by atoms with van der Waals surface area (Å²) in [7, 11) is -8.11. The van der Waals surface area contributed by atoms with Crippen molar-refractivity contribution in [1.82, 2.24) is 0 Å². The van der Waals surface area contributed by atoms with Crippen molar-refractivity contribution in [3.05, 3.63) is 0 Å². The third kappa shape index (κ3) is 17.0. The van der Waals surface area contributed by atoms with Gasteiger partial charge < -0.3 is 9.79 Å². The topological polar surface area (TPSA) is 121 Å². The number of unbranched alkanes of at least 4 members (excludes halogenated alkanes) is 2. The average molecular weight is 495 g/mol. The molecule has 31 heavy (non-hydrogen) atoms. The van der Waals surface area contributed by atoms with Crippen molar-refractivity contribution >= 4 is 32.2 Å². The van der Waals surface area contributed by atoms with Crippen molar-refractivity contribution in [3.63, 3.8) is 0 Å². The van der Waals surface area contributed by atoms with Crippen LogP contribution in [0.1, 0.15) is 93.3 Å². The summed E-state index contributed by atoms with van der Waals surface area (Å²) in [5.74, 6) is -2.91. The van der Waals surface area contributed by atoms with Crippen molar-refractivity contribution in [1.29, 1.82) is 0 Å². The number of hydrogen-bond acceptors (Lipinski definition) is 8. The van der Waals surface area contributed by atoms with E-state index in [0.717, 1.165) is 38.5 Å². The van der Waals surface area contributed by atoms with Crippen molar-refractivity contribution in [2.24, 2.45) is 11.8 Å². The van der Waals surface area contributed by atoms with Gasteiger partial charge in [0.1, 0.15) is 0 Å². The van der Waals surface area contributed by atoms with Crippen LogP contribution < -0.4 is 29.6 Å². The van der Waals surface area contributed by atoms with Gasteiger partial charge in [-0.3, -0.25) is 9.59 Å². The molecule has 2 unspecified atom stereocenters. The minimum Gasteiger partial charge on any atom is -1.00 e. The van der Waals surface area contributed by atoms with Gasteiger partial charge in [0.15, 0.2) is 0 Å². The molecule has 0 spiro atoms. The molecule has 0 aromatic rings. The Morgan fingerprint density at radius 2 is 1.03 bits per heavy atom. The van der Waals surface area contributed by atoms with Crippen LogP contribution in [-0.2, 0) is 38.2 Å². The van der Waals surface area contributed by atoms with E-state index >= 15 is 0 Å². The largest absolute Gasteiger partial charge is 1.00 e. The number of hydrogen-bond donors (Lipinski definition) is 0. The standard InChI is InChI=1S/C20H38O8S2.Na.H/c1-5-9-11-17(7-3)15-29(23,24)27-19(21)13-14-20(22)28-30(25,26)16-18(8-4)12-10-6-2;;/h17-18H,5-16H2,1-4H3;;/q;+1;-1. The van der Waals surface area contributed by atoms with Crippen LogP contribution in [0.4, 0.5) is 0 Å². The van der Waals surface area contributed by atoms with Gasteiger partial charge in [-0.2, -0.15) is 16.8 Å². The van der Waals surface area contributed by atoms with Gasteiger partial charge in [-0.05, 0) is 24.7 Å². The first-order chi connectivity index (χ1) is 14.0. The fraction of sp³-hybridized carbons (Fsp3) is 0.900. The number of carbonyl (C=O) groups is 2. The fourth-order valence-electron chi connectivity index (χ4n) is 3.01. The Morgan fingerprint density at radius 1 is 0.710 bits per heavy atom. The summed E-state index contributed by atoms with van der Waals surface area (Å²) in [6, 6.07) is 0. The Balaban J connectivity index is -0.00000420. The molecule has 0 fully saturated rings. The van der Waals surface area contributed by atoms with E-state index in [9.17, 15) is 26.4 Å². The number of carbonyl (C=O) groups excluding carboxylic acids is 2. The summed E-state index contributed by atoms with van der Waals surface area (Å²) in [6.07, 6.45) is 5.29. The zero-order valence-electron chi connectivity index (χ0n) is 20.7. The Morgan fingerprint density at radius 3 is 1.29 bits per heavy atom. The van der Waals surface area contributed by atoms with Gasteiger partial charge in [0.25, 0.3) is 0 Å². The van der Waals surface area contributed by atoms with E-state index in [0.29, 0.717) is 12.8 Å². The third-order valence-electron chi connectivity index (χ3n) is 4.94. The summed E-state index contributed by atoms with van der Waals surface area (Å²) in [5, 5.41) is 0. The second-order valence-electron chi connectivity index (χ2n) is 7.69. The maximum atomic E-state index is 12.0. The third-order valence-corrected chi connectivity index (χ3v) is 7.58. The van der Waals surface area contributed by atoms with Crippen LogP contribution in [0, 0.1) is 11.8 Å². The maximum Gasteiger partial charge on any atom is 1.00 e. The monoisotopic (exact) mass is 494 g/mol. The molecular weight excluding hydrogens is 455 g/mol. The van der Waals surface area contributed by atoms with E-state index in [1.54, 1.807) is 0 Å².